The van der Waals surface area contributed by atoms with Gasteiger partial charge in [-0.1, -0.05) is 12.1 Å². The van der Waals surface area contributed by atoms with Crippen molar-refractivity contribution < 1.29 is 24.5 Å². The number of carboxylic acids is 2. The number of aliphatic carboxylic acids is 2. The van der Waals surface area contributed by atoms with Crippen molar-refractivity contribution in [3.63, 3.8) is 0 Å². The summed E-state index contributed by atoms with van der Waals surface area (Å²) in [5, 5.41) is 14.8. The Labute approximate surface area is 91.4 Å². The summed E-state index contributed by atoms with van der Waals surface area (Å²) in [6.45, 7) is 0. The summed E-state index contributed by atoms with van der Waals surface area (Å²) in [6.07, 6.45) is 0. The van der Waals surface area contributed by atoms with E-state index in [0.29, 0.717) is 0 Å². The zero-order valence-electron chi connectivity index (χ0n) is 8.51. The highest BCUT2D eigenvalue weighted by molar-refractivity contribution is 6.27. The van der Waals surface area contributed by atoms with E-state index >= 15 is 0 Å². The number of hydrogen-bond donors (Lipinski definition) is 4. The van der Waals surface area contributed by atoms with Gasteiger partial charge in [0.2, 0.25) is 0 Å². The Bertz CT molecular complexity index is 332. The van der Waals surface area contributed by atoms with E-state index in [9.17, 15) is 0 Å². The topological polar surface area (TPSA) is 122 Å². The van der Waals surface area contributed by atoms with Crippen molar-refractivity contribution in [1.82, 2.24) is 0 Å². The molecule has 0 bridgehead atoms. The molecule has 0 saturated heterocycles. The molecule has 1 aromatic carbocycles. The van der Waals surface area contributed by atoms with E-state index in [-0.39, 0.29) is 0 Å². The maximum atomic E-state index is 9.10. The smallest absolute Gasteiger partial charge is 0.414 e. The molecule has 7 heteroatoms. The summed E-state index contributed by atoms with van der Waals surface area (Å²) in [5.41, 5.74) is 3.32. The number of nitrogen functional groups attached to an aromatic ring is 1. The van der Waals surface area contributed by atoms with Gasteiger partial charge in [-0.05, 0) is 12.1 Å². The SMILES string of the molecule is COc1ccccc1NN.O=C(O)C(=O)O. The lowest BCUT2D eigenvalue weighted by Crippen LogP contribution is -2.09. The highest BCUT2D eigenvalue weighted by Gasteiger charge is 2.04. The molecule has 0 aliphatic rings. The highest BCUT2D eigenvalue weighted by Crippen LogP contribution is 2.21. The van der Waals surface area contributed by atoms with Crippen molar-refractivity contribution in [2.75, 3.05) is 12.5 Å². The first-order valence-corrected chi connectivity index (χ1v) is 4.08. The van der Waals surface area contributed by atoms with Crippen LogP contribution in [0.1, 0.15) is 0 Å². The predicted octanol–water partition coefficient (Wildman–Crippen LogP) is 0.136. The van der Waals surface area contributed by atoms with Gasteiger partial charge < -0.3 is 20.4 Å². The van der Waals surface area contributed by atoms with Crippen LogP contribution in [0.4, 0.5) is 5.69 Å². The Hall–Kier alpha value is -2.28. The number of ether oxygens (including phenoxy) is 1. The van der Waals surface area contributed by atoms with E-state index in [1.54, 1.807) is 7.11 Å². The molecule has 0 heterocycles. The number of benzene rings is 1. The second kappa shape index (κ2) is 7.07. The maximum Gasteiger partial charge on any atom is 0.414 e. The van der Waals surface area contributed by atoms with Gasteiger partial charge in [0.1, 0.15) is 5.75 Å². The molecule has 0 radical (unpaired) electrons. The number of nitrogens with one attached hydrogen (secondary N) is 1. The summed E-state index contributed by atoms with van der Waals surface area (Å²) in [6, 6.07) is 7.46. The average molecular weight is 228 g/mol. The Morgan fingerprint density at radius 2 is 1.75 bits per heavy atom. The average Bonchev–Trinajstić information content (AvgIpc) is 2.29. The van der Waals surface area contributed by atoms with Crippen molar-refractivity contribution in [2.45, 2.75) is 0 Å². The number of nitrogens with two attached hydrogens (primary N) is 1. The van der Waals surface area contributed by atoms with Gasteiger partial charge >= 0.3 is 11.9 Å². The Morgan fingerprint density at radius 1 is 1.25 bits per heavy atom. The van der Waals surface area contributed by atoms with Crippen LogP contribution in [0.2, 0.25) is 0 Å². The van der Waals surface area contributed by atoms with Crippen LogP contribution >= 0.6 is 0 Å². The molecule has 0 aliphatic heterocycles. The van der Waals surface area contributed by atoms with Crippen LogP contribution in [0.15, 0.2) is 24.3 Å². The van der Waals surface area contributed by atoms with Crippen LogP contribution < -0.4 is 16.0 Å². The Kier molecular flexibility index (Phi) is 6.06. The lowest BCUT2D eigenvalue weighted by Gasteiger charge is -2.05. The molecule has 88 valence electrons. The molecular formula is C9H12N2O5. The van der Waals surface area contributed by atoms with Crippen LogP contribution in [-0.4, -0.2) is 29.3 Å². The van der Waals surface area contributed by atoms with Gasteiger partial charge in [0, 0.05) is 0 Å². The molecule has 0 unspecified atom stereocenters. The minimum absolute atomic E-state index is 0.755. The van der Waals surface area contributed by atoms with Crippen molar-refractivity contribution in [1.29, 1.82) is 0 Å². The van der Waals surface area contributed by atoms with E-state index in [2.05, 4.69) is 5.43 Å². The standard InChI is InChI=1S/C7H10N2O.C2H2O4/c1-10-7-5-3-2-4-6(7)9-8;3-1(4)2(5)6/h2-5,9H,8H2,1H3;(H,3,4)(H,5,6). The van der Waals surface area contributed by atoms with Crippen LogP contribution in [0, 0.1) is 0 Å². The molecule has 5 N–H and O–H groups in total. The van der Waals surface area contributed by atoms with Crippen LogP contribution in [0.25, 0.3) is 0 Å². The van der Waals surface area contributed by atoms with Gasteiger partial charge in [0.05, 0.1) is 12.8 Å². The molecule has 1 aromatic rings. The van der Waals surface area contributed by atoms with Gasteiger partial charge in [0.25, 0.3) is 0 Å². The van der Waals surface area contributed by atoms with E-state index < -0.39 is 11.9 Å². The highest BCUT2D eigenvalue weighted by atomic mass is 16.5. The predicted molar refractivity (Wildman–Crippen MR) is 56.1 cm³/mol. The third-order valence-electron chi connectivity index (χ3n) is 1.45. The summed E-state index contributed by atoms with van der Waals surface area (Å²) in [7, 11) is 1.61. The largest absolute Gasteiger partial charge is 0.495 e. The molecule has 16 heavy (non-hydrogen) atoms. The summed E-state index contributed by atoms with van der Waals surface area (Å²) < 4.78 is 4.99. The monoisotopic (exact) mass is 228 g/mol. The number of hydrazine groups is 1. The number of hydrogen-bond acceptors (Lipinski definition) is 5. The number of para-hydroxylation sites is 2. The molecule has 0 saturated carbocycles. The molecule has 0 aliphatic carbocycles. The normalized spacial score (nSPS) is 8.38. The third kappa shape index (κ3) is 4.82. The first kappa shape index (κ1) is 13.7. The summed E-state index contributed by atoms with van der Waals surface area (Å²) in [4.78, 5) is 18.2. The van der Waals surface area contributed by atoms with E-state index in [0.717, 1.165) is 11.4 Å². The molecule has 0 spiro atoms. The zero-order chi connectivity index (χ0) is 12.6. The lowest BCUT2D eigenvalue weighted by atomic mass is 10.3. The van der Waals surface area contributed by atoms with Gasteiger partial charge in [-0.3, -0.25) is 5.84 Å². The van der Waals surface area contributed by atoms with Crippen LogP contribution in [0.3, 0.4) is 0 Å². The number of anilines is 1. The lowest BCUT2D eigenvalue weighted by molar-refractivity contribution is -0.159. The van der Waals surface area contributed by atoms with Crippen molar-refractivity contribution >= 4 is 17.6 Å². The molecule has 0 atom stereocenters. The zero-order valence-corrected chi connectivity index (χ0v) is 8.51. The van der Waals surface area contributed by atoms with Crippen LogP contribution in [-0.2, 0) is 9.59 Å². The van der Waals surface area contributed by atoms with Gasteiger partial charge in [-0.15, -0.1) is 0 Å². The van der Waals surface area contributed by atoms with E-state index in [1.165, 1.54) is 0 Å². The van der Waals surface area contributed by atoms with Gasteiger partial charge in [-0.2, -0.15) is 0 Å². The quantitative estimate of drug-likeness (QED) is 0.322. The van der Waals surface area contributed by atoms with Crippen LogP contribution in [0.5, 0.6) is 5.75 Å². The first-order chi connectivity index (χ1) is 7.52. The van der Waals surface area contributed by atoms with Gasteiger partial charge in [-0.25, -0.2) is 9.59 Å². The summed E-state index contributed by atoms with van der Waals surface area (Å²) >= 11 is 0. The Balaban J connectivity index is 0.000000325. The molecule has 1 rings (SSSR count). The summed E-state index contributed by atoms with van der Waals surface area (Å²) in [5.74, 6) is 2.30. The second-order valence-electron chi connectivity index (χ2n) is 2.45. The maximum absolute atomic E-state index is 9.10. The molecular weight excluding hydrogens is 216 g/mol. The van der Waals surface area contributed by atoms with E-state index in [1.807, 2.05) is 24.3 Å². The van der Waals surface area contributed by atoms with Crippen molar-refractivity contribution in [3.05, 3.63) is 24.3 Å². The fourth-order valence-electron chi connectivity index (χ4n) is 0.764. The minimum atomic E-state index is -1.82. The molecule has 0 amide bonds. The molecule has 7 nitrogen and oxygen atoms in total. The first-order valence-electron chi connectivity index (χ1n) is 4.08. The fourth-order valence-corrected chi connectivity index (χ4v) is 0.764. The van der Waals surface area contributed by atoms with E-state index in [4.69, 9.17) is 30.4 Å². The number of rotatable bonds is 2. The second-order valence-corrected chi connectivity index (χ2v) is 2.45. The number of carbonyl (C=O) groups is 2. The van der Waals surface area contributed by atoms with Crippen molar-refractivity contribution in [3.8, 4) is 5.75 Å². The minimum Gasteiger partial charge on any atom is -0.495 e. The number of carboxylic acid groups (broad SMARTS) is 2. The molecule has 0 fully saturated rings. The number of methoxy groups -OCH3 is 1. The van der Waals surface area contributed by atoms with Gasteiger partial charge in [0.15, 0.2) is 0 Å². The van der Waals surface area contributed by atoms with Crippen molar-refractivity contribution in [2.24, 2.45) is 5.84 Å². The Morgan fingerprint density at radius 3 is 2.06 bits per heavy atom. The molecule has 0 aromatic heterocycles. The third-order valence-corrected chi connectivity index (χ3v) is 1.45. The fraction of sp³-hybridized carbons (Fsp3) is 0.111.